The van der Waals surface area contributed by atoms with E-state index in [2.05, 4.69) is 0 Å². The first-order chi connectivity index (χ1) is 6.43. The van der Waals surface area contributed by atoms with Gasteiger partial charge in [-0.1, -0.05) is 11.6 Å². The van der Waals surface area contributed by atoms with Crippen LogP contribution in [0.15, 0.2) is 12.1 Å². The Labute approximate surface area is 87.4 Å². The molecule has 0 aliphatic rings. The minimum absolute atomic E-state index is 0.123. The molecule has 1 aromatic rings. The van der Waals surface area contributed by atoms with Crippen molar-refractivity contribution in [2.24, 2.45) is 0 Å². The Morgan fingerprint density at radius 2 is 2.07 bits per heavy atom. The van der Waals surface area contributed by atoms with Crippen LogP contribution in [-0.4, -0.2) is 10.2 Å². The molecule has 0 atom stereocenters. The van der Waals surface area contributed by atoms with Crippen LogP contribution in [0.2, 0.25) is 5.02 Å². The van der Waals surface area contributed by atoms with Gasteiger partial charge in [0.05, 0.1) is 10.5 Å². The van der Waals surface area contributed by atoms with Crippen molar-refractivity contribution in [2.45, 2.75) is 0 Å². The maximum atomic E-state index is 13.1. The van der Waals surface area contributed by atoms with Gasteiger partial charge in [-0.25, -0.2) is 0 Å². The van der Waals surface area contributed by atoms with E-state index in [9.17, 15) is 19.3 Å². The molecule has 74 valence electrons. The average molecular weight is 238 g/mol. The molecule has 14 heavy (non-hydrogen) atoms. The molecule has 7 heteroatoms. The lowest BCUT2D eigenvalue weighted by atomic mass is 10.2. The molecule has 1 aromatic carbocycles. The SMILES string of the molecule is O=C(Cl)c1cc(Cl)cc([N+](=O)[O-])c1F. The van der Waals surface area contributed by atoms with E-state index in [1.165, 1.54) is 0 Å². The molecule has 0 aliphatic carbocycles. The van der Waals surface area contributed by atoms with Crippen LogP contribution in [0.4, 0.5) is 10.1 Å². The van der Waals surface area contributed by atoms with Crippen LogP contribution in [0.25, 0.3) is 0 Å². The molecule has 0 spiro atoms. The Hall–Kier alpha value is -1.20. The first kappa shape index (κ1) is 10.9. The first-order valence-corrected chi connectivity index (χ1v) is 4.02. The van der Waals surface area contributed by atoms with E-state index in [4.69, 9.17) is 23.2 Å². The highest BCUT2D eigenvalue weighted by Gasteiger charge is 2.22. The summed E-state index contributed by atoms with van der Waals surface area (Å²) in [7, 11) is 0. The first-order valence-electron chi connectivity index (χ1n) is 3.26. The standard InChI is InChI=1S/C7H2Cl2FNO3/c8-3-1-4(7(9)12)6(10)5(2-3)11(13)14/h1-2H. The molecule has 4 nitrogen and oxygen atoms in total. The van der Waals surface area contributed by atoms with Gasteiger partial charge in [0.15, 0.2) is 0 Å². The van der Waals surface area contributed by atoms with Crippen LogP contribution in [0.5, 0.6) is 0 Å². The third-order valence-electron chi connectivity index (χ3n) is 1.43. The highest BCUT2D eigenvalue weighted by Crippen LogP contribution is 2.26. The van der Waals surface area contributed by atoms with Crippen LogP contribution in [0.3, 0.4) is 0 Å². The second kappa shape index (κ2) is 3.89. The molecule has 0 N–H and O–H groups in total. The van der Waals surface area contributed by atoms with Crippen molar-refractivity contribution in [3.05, 3.63) is 38.7 Å². The molecule has 0 bridgehead atoms. The van der Waals surface area contributed by atoms with Crippen molar-refractivity contribution in [1.82, 2.24) is 0 Å². The van der Waals surface area contributed by atoms with Crippen LogP contribution < -0.4 is 0 Å². The van der Waals surface area contributed by atoms with Gasteiger partial charge in [-0.2, -0.15) is 4.39 Å². The molecule has 0 saturated carbocycles. The number of nitro benzene ring substituents is 1. The monoisotopic (exact) mass is 237 g/mol. The summed E-state index contributed by atoms with van der Waals surface area (Å²) in [6.45, 7) is 0. The number of halogens is 3. The maximum absolute atomic E-state index is 13.1. The van der Waals surface area contributed by atoms with Gasteiger partial charge < -0.3 is 0 Å². The van der Waals surface area contributed by atoms with Crippen molar-refractivity contribution in [3.63, 3.8) is 0 Å². The predicted octanol–water partition coefficient (Wildman–Crippen LogP) is 2.77. The third-order valence-corrected chi connectivity index (χ3v) is 1.85. The minimum Gasteiger partial charge on any atom is -0.275 e. The maximum Gasteiger partial charge on any atom is 0.307 e. The largest absolute Gasteiger partial charge is 0.307 e. The molecule has 0 unspecified atom stereocenters. The van der Waals surface area contributed by atoms with Gasteiger partial charge >= 0.3 is 5.69 Å². The number of rotatable bonds is 2. The molecule has 0 aliphatic heterocycles. The van der Waals surface area contributed by atoms with Crippen LogP contribution in [-0.2, 0) is 0 Å². The smallest absolute Gasteiger partial charge is 0.275 e. The van der Waals surface area contributed by atoms with Crippen molar-refractivity contribution < 1.29 is 14.1 Å². The summed E-state index contributed by atoms with van der Waals surface area (Å²) >= 11 is 10.4. The summed E-state index contributed by atoms with van der Waals surface area (Å²) in [5.74, 6) is -1.28. The molecule has 0 saturated heterocycles. The Morgan fingerprint density at radius 3 is 2.50 bits per heavy atom. The normalized spacial score (nSPS) is 9.93. The zero-order chi connectivity index (χ0) is 10.9. The lowest BCUT2D eigenvalue weighted by Gasteiger charge is -1.99. The molecular weight excluding hydrogens is 236 g/mol. The second-order valence-corrected chi connectivity index (χ2v) is 3.10. The molecule has 0 amide bonds. The molecule has 0 radical (unpaired) electrons. The number of hydrogen-bond acceptors (Lipinski definition) is 3. The summed E-state index contributed by atoms with van der Waals surface area (Å²) in [5, 5.41) is 9.05. The lowest BCUT2D eigenvalue weighted by Crippen LogP contribution is -2.00. The quantitative estimate of drug-likeness (QED) is 0.452. The molecule has 0 aromatic heterocycles. The molecule has 0 heterocycles. The number of carbonyl (C=O) groups excluding carboxylic acids is 1. The fourth-order valence-corrected chi connectivity index (χ4v) is 1.20. The van der Waals surface area contributed by atoms with Crippen LogP contribution >= 0.6 is 23.2 Å². The van der Waals surface area contributed by atoms with E-state index >= 15 is 0 Å². The summed E-state index contributed by atoms with van der Waals surface area (Å²) in [4.78, 5) is 20.0. The summed E-state index contributed by atoms with van der Waals surface area (Å²) in [6, 6.07) is 1.74. The number of nitrogens with zero attached hydrogens (tertiary/aromatic N) is 1. The number of hydrogen-bond donors (Lipinski definition) is 0. The van der Waals surface area contributed by atoms with Gasteiger partial charge in [0.1, 0.15) is 0 Å². The van der Waals surface area contributed by atoms with Gasteiger partial charge in [0.25, 0.3) is 5.24 Å². The fourth-order valence-electron chi connectivity index (χ4n) is 0.851. The van der Waals surface area contributed by atoms with Crippen molar-refractivity contribution in [2.75, 3.05) is 0 Å². The summed E-state index contributed by atoms with van der Waals surface area (Å²) in [6.07, 6.45) is 0. The Balaban J connectivity index is 3.47. The molecule has 1 rings (SSSR count). The second-order valence-electron chi connectivity index (χ2n) is 2.32. The van der Waals surface area contributed by atoms with Crippen LogP contribution in [0.1, 0.15) is 10.4 Å². The van der Waals surface area contributed by atoms with E-state index in [-0.39, 0.29) is 5.02 Å². The molecular formula is C7H2Cl2FNO3. The van der Waals surface area contributed by atoms with Crippen molar-refractivity contribution in [1.29, 1.82) is 0 Å². The van der Waals surface area contributed by atoms with Gasteiger partial charge in [-0.05, 0) is 17.7 Å². The topological polar surface area (TPSA) is 60.2 Å². The van der Waals surface area contributed by atoms with E-state index < -0.39 is 27.2 Å². The van der Waals surface area contributed by atoms with Crippen molar-refractivity contribution in [3.8, 4) is 0 Å². The Bertz CT molecular complexity index is 386. The fraction of sp³-hybridized carbons (Fsp3) is 0. The van der Waals surface area contributed by atoms with Gasteiger partial charge in [0, 0.05) is 11.1 Å². The van der Waals surface area contributed by atoms with Crippen molar-refractivity contribution >= 4 is 34.1 Å². The predicted molar refractivity (Wildman–Crippen MR) is 48.2 cm³/mol. The minimum atomic E-state index is -1.28. The van der Waals surface area contributed by atoms with Gasteiger partial charge in [0.2, 0.25) is 5.82 Å². The Morgan fingerprint density at radius 1 is 1.50 bits per heavy atom. The van der Waals surface area contributed by atoms with Gasteiger partial charge in [-0.3, -0.25) is 14.9 Å². The highest BCUT2D eigenvalue weighted by atomic mass is 35.5. The molecule has 0 fully saturated rings. The number of carbonyl (C=O) groups is 1. The lowest BCUT2D eigenvalue weighted by molar-refractivity contribution is -0.387. The van der Waals surface area contributed by atoms with E-state index in [0.29, 0.717) is 0 Å². The number of benzene rings is 1. The van der Waals surface area contributed by atoms with E-state index in [0.717, 1.165) is 12.1 Å². The summed E-state index contributed by atoms with van der Waals surface area (Å²) < 4.78 is 13.1. The zero-order valence-electron chi connectivity index (χ0n) is 6.46. The zero-order valence-corrected chi connectivity index (χ0v) is 7.97. The summed E-state index contributed by atoms with van der Waals surface area (Å²) in [5.41, 5.74) is -1.48. The van der Waals surface area contributed by atoms with E-state index in [1.54, 1.807) is 0 Å². The number of nitro groups is 1. The van der Waals surface area contributed by atoms with Gasteiger partial charge in [-0.15, -0.1) is 0 Å². The average Bonchev–Trinajstić information content (AvgIpc) is 2.07. The van der Waals surface area contributed by atoms with E-state index in [1.807, 2.05) is 0 Å². The Kier molecular flexibility index (Phi) is 3.03. The third kappa shape index (κ3) is 2.00. The highest BCUT2D eigenvalue weighted by molar-refractivity contribution is 6.67. The van der Waals surface area contributed by atoms with Crippen LogP contribution in [0, 0.1) is 15.9 Å².